The van der Waals surface area contributed by atoms with Crippen LogP contribution in [0.15, 0.2) is 47.5 Å². The van der Waals surface area contributed by atoms with E-state index in [1.807, 2.05) is 0 Å². The number of hydrogen-bond donors (Lipinski definition) is 2. The van der Waals surface area contributed by atoms with Crippen molar-refractivity contribution in [3.8, 4) is 17.2 Å². The third-order valence-corrected chi connectivity index (χ3v) is 4.72. The molecule has 2 aromatic carbocycles. The van der Waals surface area contributed by atoms with Crippen LogP contribution in [0.2, 0.25) is 0 Å². The largest absolute Gasteiger partial charge is 0.508 e. The van der Waals surface area contributed by atoms with Crippen LogP contribution in [0.3, 0.4) is 0 Å². The molecule has 3 rings (SSSR count). The molecule has 2 N–H and O–H groups in total. The molecule has 28 heavy (non-hydrogen) atoms. The fraction of sp³-hybridized carbons (Fsp3) is 0.158. The van der Waals surface area contributed by atoms with E-state index in [0.29, 0.717) is 17.0 Å². The highest BCUT2D eigenvalue weighted by Crippen LogP contribution is 2.29. The lowest BCUT2D eigenvalue weighted by atomic mass is 10.2. The maximum Gasteiger partial charge on any atom is 0.312 e. The van der Waals surface area contributed by atoms with Gasteiger partial charge in [0.15, 0.2) is 11.5 Å². The molecule has 2 aromatic rings. The fourth-order valence-corrected chi connectivity index (χ4v) is 3.18. The summed E-state index contributed by atoms with van der Waals surface area (Å²) in [5.41, 5.74) is 1.37. The quantitative estimate of drug-likeness (QED) is 0.435. The minimum Gasteiger partial charge on any atom is -0.508 e. The van der Waals surface area contributed by atoms with Gasteiger partial charge < -0.3 is 14.6 Å². The Morgan fingerprint density at radius 1 is 1.21 bits per heavy atom. The highest BCUT2D eigenvalue weighted by molar-refractivity contribution is 8.15. The molecule has 0 radical (unpaired) electrons. The van der Waals surface area contributed by atoms with Crippen molar-refractivity contribution in [2.45, 2.75) is 11.7 Å². The molecule has 0 aliphatic carbocycles. The molecule has 0 saturated carbocycles. The molecule has 0 aromatic heterocycles. The summed E-state index contributed by atoms with van der Waals surface area (Å²) in [5, 5.41) is 10.1. The van der Waals surface area contributed by atoms with Crippen molar-refractivity contribution in [3.05, 3.63) is 48.0 Å². The minimum atomic E-state index is -0.789. The third-order valence-electron chi connectivity index (χ3n) is 3.74. The second-order valence-electron chi connectivity index (χ2n) is 5.75. The Morgan fingerprint density at radius 3 is 2.61 bits per heavy atom. The summed E-state index contributed by atoms with van der Waals surface area (Å²) >= 11 is 0.766. The molecule has 2 amide bonds. The summed E-state index contributed by atoms with van der Waals surface area (Å²) in [6.07, 6.45) is 1.38. The first-order chi connectivity index (χ1) is 13.4. The van der Waals surface area contributed by atoms with Gasteiger partial charge in [-0.3, -0.25) is 24.7 Å². The SMILES string of the molecule is COc1cc(C=Nc2ccc(O)cc2)ccc1OC(=O)CC1SC(=O)NC1=O. The predicted octanol–water partition coefficient (Wildman–Crippen LogP) is 2.80. The summed E-state index contributed by atoms with van der Waals surface area (Å²) in [6.45, 7) is 0. The summed E-state index contributed by atoms with van der Waals surface area (Å²) in [6, 6.07) is 11.3. The van der Waals surface area contributed by atoms with Crippen molar-refractivity contribution in [1.82, 2.24) is 5.32 Å². The Bertz CT molecular complexity index is 942. The summed E-state index contributed by atoms with van der Waals surface area (Å²) in [5.74, 6) is -0.470. The number of methoxy groups -OCH3 is 1. The van der Waals surface area contributed by atoms with Crippen LogP contribution >= 0.6 is 11.8 Å². The zero-order valence-electron chi connectivity index (χ0n) is 14.7. The van der Waals surface area contributed by atoms with Crippen molar-refractivity contribution in [1.29, 1.82) is 0 Å². The van der Waals surface area contributed by atoms with Gasteiger partial charge in [-0.05, 0) is 48.0 Å². The highest BCUT2D eigenvalue weighted by Gasteiger charge is 2.34. The molecule has 1 aliphatic rings. The summed E-state index contributed by atoms with van der Waals surface area (Å²) < 4.78 is 10.5. The Kier molecular flexibility index (Phi) is 5.95. The van der Waals surface area contributed by atoms with Gasteiger partial charge in [0, 0.05) is 6.21 Å². The number of nitrogens with zero attached hydrogens (tertiary/aromatic N) is 1. The number of amides is 2. The summed E-state index contributed by atoms with van der Waals surface area (Å²) in [4.78, 5) is 39.1. The second kappa shape index (κ2) is 8.57. The fourth-order valence-electron chi connectivity index (χ4n) is 2.38. The number of imide groups is 1. The van der Waals surface area contributed by atoms with Gasteiger partial charge in [0.1, 0.15) is 11.0 Å². The van der Waals surface area contributed by atoms with Gasteiger partial charge in [0.25, 0.3) is 5.24 Å². The normalized spacial score (nSPS) is 16.2. The van der Waals surface area contributed by atoms with E-state index in [1.165, 1.54) is 19.2 Å². The number of phenols is 1. The predicted molar refractivity (Wildman–Crippen MR) is 104 cm³/mol. The maximum atomic E-state index is 12.1. The lowest BCUT2D eigenvalue weighted by Crippen LogP contribution is -2.27. The molecule has 1 unspecified atom stereocenters. The minimum absolute atomic E-state index is 0.157. The van der Waals surface area contributed by atoms with E-state index in [2.05, 4.69) is 10.3 Å². The third kappa shape index (κ3) is 4.89. The van der Waals surface area contributed by atoms with E-state index in [4.69, 9.17) is 9.47 Å². The van der Waals surface area contributed by atoms with Crippen LogP contribution in [0.1, 0.15) is 12.0 Å². The number of ether oxygens (including phenoxy) is 2. The van der Waals surface area contributed by atoms with E-state index < -0.39 is 22.4 Å². The van der Waals surface area contributed by atoms with Crippen LogP contribution in [0.4, 0.5) is 10.5 Å². The number of carbonyl (C=O) groups excluding carboxylic acids is 3. The number of thioether (sulfide) groups is 1. The topological polar surface area (TPSA) is 114 Å². The van der Waals surface area contributed by atoms with Crippen molar-refractivity contribution >= 4 is 40.8 Å². The molecule has 8 nitrogen and oxygen atoms in total. The zero-order chi connectivity index (χ0) is 20.1. The Balaban J connectivity index is 1.67. The Labute approximate surface area is 164 Å². The highest BCUT2D eigenvalue weighted by atomic mass is 32.2. The van der Waals surface area contributed by atoms with Crippen molar-refractivity contribution < 1.29 is 29.0 Å². The van der Waals surface area contributed by atoms with Gasteiger partial charge in [-0.25, -0.2) is 0 Å². The molecule has 0 bridgehead atoms. The monoisotopic (exact) mass is 400 g/mol. The molecule has 1 fully saturated rings. The van der Waals surface area contributed by atoms with Gasteiger partial charge in [0.2, 0.25) is 5.91 Å². The van der Waals surface area contributed by atoms with Crippen LogP contribution in [0.5, 0.6) is 17.2 Å². The van der Waals surface area contributed by atoms with E-state index in [9.17, 15) is 19.5 Å². The molecule has 1 aliphatic heterocycles. The molecule has 144 valence electrons. The second-order valence-corrected chi connectivity index (χ2v) is 6.92. The molecular weight excluding hydrogens is 384 g/mol. The lowest BCUT2D eigenvalue weighted by molar-refractivity contribution is -0.136. The number of esters is 1. The zero-order valence-corrected chi connectivity index (χ0v) is 15.6. The summed E-state index contributed by atoms with van der Waals surface area (Å²) in [7, 11) is 1.44. The first kappa shape index (κ1) is 19.4. The average Bonchev–Trinajstić information content (AvgIpc) is 2.98. The van der Waals surface area contributed by atoms with Gasteiger partial charge >= 0.3 is 5.97 Å². The number of rotatable bonds is 6. The number of benzene rings is 2. The van der Waals surface area contributed by atoms with Crippen molar-refractivity contribution in [3.63, 3.8) is 0 Å². The Morgan fingerprint density at radius 2 is 1.96 bits per heavy atom. The van der Waals surface area contributed by atoms with E-state index in [-0.39, 0.29) is 17.9 Å². The number of phenolic OH excluding ortho intramolecular Hbond substituents is 1. The molecule has 1 heterocycles. The number of aliphatic imine (C=N–C) groups is 1. The van der Waals surface area contributed by atoms with E-state index in [0.717, 1.165) is 11.8 Å². The number of hydrogen-bond acceptors (Lipinski definition) is 8. The maximum absolute atomic E-state index is 12.1. The van der Waals surface area contributed by atoms with Gasteiger partial charge in [-0.1, -0.05) is 11.8 Å². The molecule has 9 heteroatoms. The van der Waals surface area contributed by atoms with Crippen LogP contribution in [0, 0.1) is 0 Å². The smallest absolute Gasteiger partial charge is 0.312 e. The van der Waals surface area contributed by atoms with E-state index >= 15 is 0 Å². The van der Waals surface area contributed by atoms with Crippen LogP contribution in [-0.4, -0.2) is 40.8 Å². The number of carbonyl (C=O) groups is 3. The van der Waals surface area contributed by atoms with Crippen LogP contribution < -0.4 is 14.8 Å². The molecular formula is C19H16N2O6S. The molecule has 0 spiro atoms. The Hall–Kier alpha value is -3.33. The van der Waals surface area contributed by atoms with E-state index in [1.54, 1.807) is 36.5 Å². The number of aromatic hydroxyl groups is 1. The molecule has 1 saturated heterocycles. The lowest BCUT2D eigenvalue weighted by Gasteiger charge is -2.10. The first-order valence-electron chi connectivity index (χ1n) is 8.18. The standard InChI is InChI=1S/C19H16N2O6S/c1-26-15-8-11(10-20-12-3-5-13(22)6-4-12)2-7-14(15)27-17(23)9-16-18(24)21-19(25)28-16/h2-8,10,16,22H,9H2,1H3,(H,21,24,25). The number of nitrogens with one attached hydrogen (secondary N) is 1. The van der Waals surface area contributed by atoms with Crippen molar-refractivity contribution in [2.24, 2.45) is 4.99 Å². The van der Waals surface area contributed by atoms with Crippen molar-refractivity contribution in [2.75, 3.05) is 7.11 Å². The molecule has 1 atom stereocenters. The first-order valence-corrected chi connectivity index (χ1v) is 9.06. The van der Waals surface area contributed by atoms with Gasteiger partial charge in [-0.15, -0.1) is 0 Å². The average molecular weight is 400 g/mol. The van der Waals surface area contributed by atoms with Crippen LogP contribution in [0.25, 0.3) is 0 Å². The van der Waals surface area contributed by atoms with Gasteiger partial charge in [-0.2, -0.15) is 0 Å². The van der Waals surface area contributed by atoms with Crippen LogP contribution in [-0.2, 0) is 9.59 Å². The van der Waals surface area contributed by atoms with Gasteiger partial charge in [0.05, 0.1) is 19.2 Å².